The Bertz CT molecular complexity index is 1730. The number of benzene rings is 2. The highest BCUT2D eigenvalue weighted by molar-refractivity contribution is 5.96. The van der Waals surface area contributed by atoms with Gasteiger partial charge in [-0.1, -0.05) is 18.2 Å². The standard InChI is InChI=1S/C31H34N6O2/c1-34(2)30(38)22-7-5-20(6-8-22)21-12-15-37(16-13-21)19-24-18-26-25(11-14-32-29(26)35(24)3)23-9-10-27-28(17-23)36(4)31(39)33-27/h5-11,14,17-18,21H,12-13,15-16,19H2,1-4H3,(H,33,39). The van der Waals surface area contributed by atoms with Crippen LogP contribution >= 0.6 is 0 Å². The Balaban J connectivity index is 1.19. The minimum Gasteiger partial charge on any atom is -0.345 e. The molecule has 3 aromatic heterocycles. The Labute approximate surface area is 227 Å². The maximum atomic E-state index is 12.2. The lowest BCUT2D eigenvalue weighted by Gasteiger charge is -2.32. The molecule has 0 unspecified atom stereocenters. The van der Waals surface area contributed by atoms with Crippen molar-refractivity contribution in [2.75, 3.05) is 27.2 Å². The Morgan fingerprint density at radius 3 is 2.46 bits per heavy atom. The molecule has 39 heavy (non-hydrogen) atoms. The summed E-state index contributed by atoms with van der Waals surface area (Å²) in [5.74, 6) is 0.560. The number of amides is 1. The topological polar surface area (TPSA) is 79.2 Å². The van der Waals surface area contributed by atoms with Crippen molar-refractivity contribution in [2.45, 2.75) is 25.3 Å². The molecule has 4 heterocycles. The van der Waals surface area contributed by atoms with Gasteiger partial charge in [-0.3, -0.25) is 14.3 Å². The number of aromatic nitrogens is 4. The molecule has 0 atom stereocenters. The predicted octanol–water partition coefficient (Wildman–Crippen LogP) is 4.50. The van der Waals surface area contributed by atoms with Crippen molar-refractivity contribution in [3.8, 4) is 11.1 Å². The van der Waals surface area contributed by atoms with Crippen LogP contribution in [0.1, 0.15) is 40.4 Å². The molecule has 1 N–H and O–H groups in total. The van der Waals surface area contributed by atoms with Gasteiger partial charge in [-0.2, -0.15) is 0 Å². The van der Waals surface area contributed by atoms with E-state index in [9.17, 15) is 9.59 Å². The van der Waals surface area contributed by atoms with E-state index in [1.165, 1.54) is 11.3 Å². The molecule has 8 nitrogen and oxygen atoms in total. The average Bonchev–Trinajstić information content (AvgIpc) is 3.43. The van der Waals surface area contributed by atoms with Crippen molar-refractivity contribution in [2.24, 2.45) is 14.1 Å². The van der Waals surface area contributed by atoms with E-state index in [1.54, 1.807) is 30.6 Å². The molecule has 1 saturated heterocycles. The van der Waals surface area contributed by atoms with E-state index in [0.29, 0.717) is 5.92 Å². The Morgan fingerprint density at radius 2 is 1.74 bits per heavy atom. The molecule has 5 aromatic rings. The third-order valence-electron chi connectivity index (χ3n) is 8.25. The number of H-pyrrole nitrogens is 1. The second kappa shape index (κ2) is 9.85. The van der Waals surface area contributed by atoms with E-state index in [2.05, 4.69) is 57.9 Å². The van der Waals surface area contributed by atoms with Gasteiger partial charge in [-0.05, 0) is 84.9 Å². The van der Waals surface area contributed by atoms with Crippen LogP contribution in [0.3, 0.4) is 0 Å². The van der Waals surface area contributed by atoms with Gasteiger partial charge in [0, 0.05) is 57.6 Å². The van der Waals surface area contributed by atoms with Gasteiger partial charge in [0.2, 0.25) is 0 Å². The summed E-state index contributed by atoms with van der Waals surface area (Å²) in [4.78, 5) is 36.0. The minimum atomic E-state index is -0.107. The molecule has 2 aromatic carbocycles. The number of fused-ring (bicyclic) bond motifs is 2. The summed E-state index contributed by atoms with van der Waals surface area (Å²) in [6, 6.07) is 18.6. The fourth-order valence-electron chi connectivity index (χ4n) is 5.88. The third kappa shape index (κ3) is 4.55. The number of hydrogen-bond donors (Lipinski definition) is 1. The number of pyridine rings is 1. The molecular formula is C31H34N6O2. The smallest absolute Gasteiger partial charge is 0.326 e. The number of nitrogens with one attached hydrogen (secondary N) is 1. The fraction of sp³-hybridized carbons (Fsp3) is 0.323. The summed E-state index contributed by atoms with van der Waals surface area (Å²) < 4.78 is 3.85. The van der Waals surface area contributed by atoms with Gasteiger partial charge in [0.05, 0.1) is 11.0 Å². The van der Waals surface area contributed by atoms with Gasteiger partial charge in [-0.25, -0.2) is 9.78 Å². The van der Waals surface area contributed by atoms with E-state index >= 15 is 0 Å². The molecular weight excluding hydrogens is 488 g/mol. The Hall–Kier alpha value is -4.17. The largest absolute Gasteiger partial charge is 0.345 e. The van der Waals surface area contributed by atoms with Gasteiger partial charge >= 0.3 is 5.69 Å². The first-order valence-electron chi connectivity index (χ1n) is 13.5. The molecule has 0 saturated carbocycles. The van der Waals surface area contributed by atoms with Crippen LogP contribution in [0.2, 0.25) is 0 Å². The second-order valence-corrected chi connectivity index (χ2v) is 10.9. The predicted molar refractivity (Wildman–Crippen MR) is 155 cm³/mol. The molecule has 1 aliphatic rings. The monoisotopic (exact) mass is 522 g/mol. The highest BCUT2D eigenvalue weighted by atomic mass is 16.2. The molecule has 1 aliphatic heterocycles. The van der Waals surface area contributed by atoms with Crippen LogP contribution in [0.15, 0.2) is 65.6 Å². The van der Waals surface area contributed by atoms with Crippen LogP contribution in [-0.4, -0.2) is 62.0 Å². The number of carbonyl (C=O) groups is 1. The average molecular weight is 523 g/mol. The van der Waals surface area contributed by atoms with Crippen molar-refractivity contribution in [3.05, 3.63) is 88.1 Å². The summed E-state index contributed by atoms with van der Waals surface area (Å²) >= 11 is 0. The van der Waals surface area contributed by atoms with Gasteiger partial charge in [0.25, 0.3) is 5.91 Å². The molecule has 1 fully saturated rings. The van der Waals surface area contributed by atoms with Crippen LogP contribution in [0, 0.1) is 0 Å². The van der Waals surface area contributed by atoms with Crippen LogP contribution in [0.25, 0.3) is 33.2 Å². The zero-order valence-corrected chi connectivity index (χ0v) is 22.9. The number of aryl methyl sites for hydroxylation is 2. The van der Waals surface area contributed by atoms with Crippen LogP contribution in [-0.2, 0) is 20.6 Å². The Kier molecular flexibility index (Phi) is 6.35. The van der Waals surface area contributed by atoms with Gasteiger partial charge < -0.3 is 14.5 Å². The third-order valence-corrected chi connectivity index (χ3v) is 8.25. The van der Waals surface area contributed by atoms with Crippen molar-refractivity contribution in [1.82, 2.24) is 28.9 Å². The Morgan fingerprint density at radius 1 is 1.00 bits per heavy atom. The number of nitrogens with zero attached hydrogens (tertiary/aromatic N) is 5. The summed E-state index contributed by atoms with van der Waals surface area (Å²) in [6.07, 6.45) is 4.07. The molecule has 0 radical (unpaired) electrons. The number of carbonyl (C=O) groups excluding carboxylic acids is 1. The van der Waals surface area contributed by atoms with E-state index in [-0.39, 0.29) is 11.6 Å². The molecule has 0 spiro atoms. The number of likely N-dealkylation sites (tertiary alicyclic amines) is 1. The van der Waals surface area contributed by atoms with Crippen molar-refractivity contribution in [3.63, 3.8) is 0 Å². The van der Waals surface area contributed by atoms with Crippen LogP contribution in [0.4, 0.5) is 0 Å². The first-order chi connectivity index (χ1) is 18.8. The lowest BCUT2D eigenvalue weighted by Crippen LogP contribution is -2.33. The maximum Gasteiger partial charge on any atom is 0.326 e. The summed E-state index contributed by atoms with van der Waals surface area (Å²) in [6.45, 7) is 2.94. The first kappa shape index (κ1) is 25.1. The second-order valence-electron chi connectivity index (χ2n) is 10.9. The molecule has 1 amide bonds. The molecule has 0 aliphatic carbocycles. The van der Waals surface area contributed by atoms with Crippen molar-refractivity contribution < 1.29 is 4.79 Å². The highest BCUT2D eigenvalue weighted by Crippen LogP contribution is 2.33. The SMILES string of the molecule is CN(C)C(=O)c1ccc(C2CCN(Cc3cc4c(-c5ccc6[nH]c(=O)n(C)c6c5)ccnc4n3C)CC2)cc1. The van der Waals surface area contributed by atoms with Crippen molar-refractivity contribution in [1.29, 1.82) is 0 Å². The zero-order chi connectivity index (χ0) is 27.3. The van der Waals surface area contributed by atoms with E-state index < -0.39 is 0 Å². The van der Waals surface area contributed by atoms with Crippen LogP contribution < -0.4 is 5.69 Å². The van der Waals surface area contributed by atoms with Gasteiger partial charge in [0.15, 0.2) is 0 Å². The first-order valence-corrected chi connectivity index (χ1v) is 13.5. The quantitative estimate of drug-likeness (QED) is 0.369. The number of rotatable bonds is 5. The maximum absolute atomic E-state index is 12.2. The summed E-state index contributed by atoms with van der Waals surface area (Å²) in [7, 11) is 7.45. The molecule has 0 bridgehead atoms. The van der Waals surface area contributed by atoms with Crippen molar-refractivity contribution >= 4 is 28.0 Å². The number of aromatic amines is 1. The van der Waals surface area contributed by atoms with E-state index in [1.807, 2.05) is 24.4 Å². The van der Waals surface area contributed by atoms with Crippen LogP contribution in [0.5, 0.6) is 0 Å². The number of piperidine rings is 1. The van der Waals surface area contributed by atoms with E-state index in [0.717, 1.165) is 71.2 Å². The number of imidazole rings is 1. The molecule has 200 valence electrons. The lowest BCUT2D eigenvalue weighted by molar-refractivity contribution is 0.0827. The lowest BCUT2D eigenvalue weighted by atomic mass is 9.89. The summed E-state index contributed by atoms with van der Waals surface area (Å²) in [5, 5.41) is 1.12. The summed E-state index contributed by atoms with van der Waals surface area (Å²) in [5.41, 5.74) is 8.07. The molecule has 8 heteroatoms. The van der Waals surface area contributed by atoms with Gasteiger partial charge in [0.1, 0.15) is 5.65 Å². The molecule has 6 rings (SSSR count). The zero-order valence-electron chi connectivity index (χ0n) is 22.9. The van der Waals surface area contributed by atoms with Gasteiger partial charge in [-0.15, -0.1) is 0 Å². The minimum absolute atomic E-state index is 0.0413. The number of hydrogen-bond acceptors (Lipinski definition) is 4. The highest BCUT2D eigenvalue weighted by Gasteiger charge is 2.23. The van der Waals surface area contributed by atoms with E-state index in [4.69, 9.17) is 4.98 Å². The normalized spacial score (nSPS) is 14.9. The fourth-order valence-corrected chi connectivity index (χ4v) is 5.88.